The molecule has 42 heavy (non-hydrogen) atoms. The Hall–Kier alpha value is -3.89. The predicted octanol–water partition coefficient (Wildman–Crippen LogP) is 8.31. The number of hydrogen-bond acceptors (Lipinski definition) is 3. The SMILES string of the molecule is CCCCCc1ccc(C(=O)N(Cc2cccc(OCc3ccccc3)c2)C2CCN(Cc3ccccc3)CC2)cc1. The first kappa shape index (κ1) is 29.6. The van der Waals surface area contributed by atoms with Gasteiger partial charge in [-0.25, -0.2) is 0 Å². The van der Waals surface area contributed by atoms with Gasteiger partial charge in [0.2, 0.25) is 0 Å². The zero-order chi connectivity index (χ0) is 29.0. The van der Waals surface area contributed by atoms with Gasteiger partial charge in [0.25, 0.3) is 5.91 Å². The van der Waals surface area contributed by atoms with Gasteiger partial charge in [0.15, 0.2) is 0 Å². The standard InChI is InChI=1S/C38H44N2O2/c1-2-3-6-12-31-19-21-35(22-20-31)38(41)40(36-23-25-39(26-24-36)28-32-13-7-4-8-14-32)29-34-17-11-18-37(27-34)42-30-33-15-9-5-10-16-33/h4-5,7-11,13-22,27,36H,2-3,6,12,23-26,28-30H2,1H3. The second-order valence-electron chi connectivity index (χ2n) is 11.5. The first-order valence-corrected chi connectivity index (χ1v) is 15.6. The third kappa shape index (κ3) is 8.56. The molecule has 0 aromatic heterocycles. The van der Waals surface area contributed by atoms with Crippen molar-refractivity contribution in [3.63, 3.8) is 0 Å². The summed E-state index contributed by atoms with van der Waals surface area (Å²) in [5.74, 6) is 0.949. The van der Waals surface area contributed by atoms with E-state index in [4.69, 9.17) is 4.74 Å². The molecule has 1 heterocycles. The lowest BCUT2D eigenvalue weighted by Gasteiger charge is -2.39. The fraction of sp³-hybridized carbons (Fsp3) is 0.342. The quantitative estimate of drug-likeness (QED) is 0.154. The van der Waals surface area contributed by atoms with Gasteiger partial charge in [-0.1, -0.05) is 105 Å². The maximum atomic E-state index is 14.1. The Morgan fingerprint density at radius 1 is 0.762 bits per heavy atom. The van der Waals surface area contributed by atoms with Crippen LogP contribution in [-0.4, -0.2) is 34.8 Å². The smallest absolute Gasteiger partial charge is 0.254 e. The van der Waals surface area contributed by atoms with E-state index in [1.165, 1.54) is 30.4 Å². The van der Waals surface area contributed by atoms with Crippen LogP contribution >= 0.6 is 0 Å². The van der Waals surface area contributed by atoms with Crippen LogP contribution < -0.4 is 4.74 Å². The molecule has 0 bridgehead atoms. The molecule has 4 heteroatoms. The lowest BCUT2D eigenvalue weighted by atomic mass is 9.99. The van der Waals surface area contributed by atoms with E-state index in [1.54, 1.807) is 0 Å². The molecule has 4 aromatic carbocycles. The Kier molecular flexibility index (Phi) is 10.8. The van der Waals surface area contributed by atoms with Crippen LogP contribution in [0.1, 0.15) is 71.6 Å². The molecular weight excluding hydrogens is 516 g/mol. The molecule has 0 atom stereocenters. The number of carbonyl (C=O) groups is 1. The van der Waals surface area contributed by atoms with Gasteiger partial charge < -0.3 is 9.64 Å². The molecule has 0 aliphatic carbocycles. The highest BCUT2D eigenvalue weighted by Gasteiger charge is 2.29. The van der Waals surface area contributed by atoms with Gasteiger partial charge >= 0.3 is 0 Å². The third-order valence-electron chi connectivity index (χ3n) is 8.28. The Bertz CT molecular complexity index is 1360. The third-order valence-corrected chi connectivity index (χ3v) is 8.28. The van der Waals surface area contributed by atoms with Crippen LogP contribution in [0.25, 0.3) is 0 Å². The molecule has 0 spiro atoms. The van der Waals surface area contributed by atoms with Crippen LogP contribution in [0.15, 0.2) is 109 Å². The van der Waals surface area contributed by atoms with Gasteiger partial charge in [0.05, 0.1) is 0 Å². The summed E-state index contributed by atoms with van der Waals surface area (Å²) < 4.78 is 6.12. The van der Waals surface area contributed by atoms with Crippen LogP contribution in [0.3, 0.4) is 0 Å². The minimum Gasteiger partial charge on any atom is -0.489 e. The van der Waals surface area contributed by atoms with Gasteiger partial charge in [-0.3, -0.25) is 9.69 Å². The fourth-order valence-corrected chi connectivity index (χ4v) is 5.83. The first-order valence-electron chi connectivity index (χ1n) is 15.6. The number of aryl methyl sites for hydroxylation is 1. The highest BCUT2D eigenvalue weighted by atomic mass is 16.5. The number of amides is 1. The largest absolute Gasteiger partial charge is 0.489 e. The van der Waals surface area contributed by atoms with Gasteiger partial charge in [-0.2, -0.15) is 0 Å². The van der Waals surface area contributed by atoms with Crippen molar-refractivity contribution >= 4 is 5.91 Å². The summed E-state index contributed by atoms with van der Waals surface area (Å²) in [5.41, 5.74) is 5.66. The van der Waals surface area contributed by atoms with Crippen molar-refractivity contribution in [2.24, 2.45) is 0 Å². The Balaban J connectivity index is 1.29. The summed E-state index contributed by atoms with van der Waals surface area (Å²) >= 11 is 0. The summed E-state index contributed by atoms with van der Waals surface area (Å²) in [6.45, 7) is 6.26. The van der Waals surface area contributed by atoms with Crippen molar-refractivity contribution in [1.82, 2.24) is 9.80 Å². The van der Waals surface area contributed by atoms with Crippen molar-refractivity contribution in [3.05, 3.63) is 137 Å². The molecule has 0 radical (unpaired) electrons. The molecule has 1 amide bonds. The lowest BCUT2D eigenvalue weighted by Crippen LogP contribution is -2.46. The van der Waals surface area contributed by atoms with E-state index in [1.807, 2.05) is 42.5 Å². The second-order valence-corrected chi connectivity index (χ2v) is 11.5. The van der Waals surface area contributed by atoms with E-state index in [-0.39, 0.29) is 11.9 Å². The molecule has 0 N–H and O–H groups in total. The number of ether oxygens (including phenoxy) is 1. The highest BCUT2D eigenvalue weighted by Crippen LogP contribution is 2.25. The number of benzene rings is 4. The summed E-state index contributed by atoms with van der Waals surface area (Å²) in [7, 11) is 0. The molecule has 4 nitrogen and oxygen atoms in total. The number of likely N-dealkylation sites (tertiary alicyclic amines) is 1. The van der Waals surface area contributed by atoms with E-state index in [9.17, 15) is 4.79 Å². The second kappa shape index (κ2) is 15.4. The lowest BCUT2D eigenvalue weighted by molar-refractivity contribution is 0.0542. The molecule has 1 fully saturated rings. The van der Waals surface area contributed by atoms with Crippen molar-refractivity contribution in [3.8, 4) is 5.75 Å². The molecule has 1 saturated heterocycles. The number of hydrogen-bond donors (Lipinski definition) is 0. The summed E-state index contributed by atoms with van der Waals surface area (Å²) in [5, 5.41) is 0. The van der Waals surface area contributed by atoms with Gasteiger partial charge in [0.1, 0.15) is 12.4 Å². The van der Waals surface area contributed by atoms with Crippen molar-refractivity contribution in [1.29, 1.82) is 0 Å². The van der Waals surface area contributed by atoms with Crippen molar-refractivity contribution < 1.29 is 9.53 Å². The number of nitrogens with zero attached hydrogens (tertiary/aromatic N) is 2. The van der Waals surface area contributed by atoms with Crippen molar-refractivity contribution in [2.45, 2.75) is 71.2 Å². The average Bonchev–Trinajstić information content (AvgIpc) is 3.04. The fourth-order valence-electron chi connectivity index (χ4n) is 5.83. The summed E-state index contributed by atoms with van der Waals surface area (Å²) in [6, 6.07) is 37.7. The predicted molar refractivity (Wildman–Crippen MR) is 172 cm³/mol. The normalized spacial score (nSPS) is 14.0. The first-order chi connectivity index (χ1) is 20.7. The van der Waals surface area contributed by atoms with E-state index < -0.39 is 0 Å². The van der Waals surface area contributed by atoms with E-state index >= 15 is 0 Å². The zero-order valence-corrected chi connectivity index (χ0v) is 25.0. The Morgan fingerprint density at radius 3 is 2.12 bits per heavy atom. The van der Waals surface area contributed by atoms with Crippen LogP contribution in [0.4, 0.5) is 0 Å². The van der Waals surface area contributed by atoms with E-state index in [2.05, 4.69) is 83.5 Å². The Labute approximate surface area is 252 Å². The molecule has 4 aromatic rings. The molecular formula is C38H44N2O2. The minimum atomic E-state index is 0.118. The molecule has 5 rings (SSSR count). The zero-order valence-electron chi connectivity index (χ0n) is 25.0. The average molecular weight is 561 g/mol. The number of unbranched alkanes of at least 4 members (excludes halogenated alkanes) is 2. The summed E-state index contributed by atoms with van der Waals surface area (Å²) in [4.78, 5) is 18.7. The molecule has 1 aliphatic rings. The molecule has 218 valence electrons. The van der Waals surface area contributed by atoms with Crippen LogP contribution in [0.2, 0.25) is 0 Å². The monoisotopic (exact) mass is 560 g/mol. The number of carbonyl (C=O) groups excluding carboxylic acids is 1. The molecule has 0 unspecified atom stereocenters. The van der Waals surface area contributed by atoms with Gasteiger partial charge in [0, 0.05) is 37.8 Å². The van der Waals surface area contributed by atoms with Crippen LogP contribution in [0.5, 0.6) is 5.75 Å². The van der Waals surface area contributed by atoms with Gasteiger partial charge in [-0.15, -0.1) is 0 Å². The summed E-state index contributed by atoms with van der Waals surface area (Å²) in [6.07, 6.45) is 6.66. The number of piperidine rings is 1. The van der Waals surface area contributed by atoms with Crippen LogP contribution in [0, 0.1) is 0 Å². The van der Waals surface area contributed by atoms with E-state index in [0.717, 1.165) is 61.3 Å². The maximum absolute atomic E-state index is 14.1. The Morgan fingerprint density at radius 2 is 1.43 bits per heavy atom. The number of rotatable bonds is 13. The topological polar surface area (TPSA) is 32.8 Å². The minimum absolute atomic E-state index is 0.118. The van der Waals surface area contributed by atoms with Crippen molar-refractivity contribution in [2.75, 3.05) is 13.1 Å². The van der Waals surface area contributed by atoms with Crippen LogP contribution in [-0.2, 0) is 26.1 Å². The van der Waals surface area contributed by atoms with E-state index in [0.29, 0.717) is 13.2 Å². The maximum Gasteiger partial charge on any atom is 0.254 e. The van der Waals surface area contributed by atoms with Gasteiger partial charge in [-0.05, 0) is 72.2 Å². The molecule has 1 aliphatic heterocycles. The highest BCUT2D eigenvalue weighted by molar-refractivity contribution is 5.94. The molecule has 0 saturated carbocycles.